The quantitative estimate of drug-likeness (QED) is 0.515. The molecule has 166 valence electrons. The first kappa shape index (κ1) is 22.9. The number of anilines is 3. The van der Waals surface area contributed by atoms with E-state index < -0.39 is 0 Å². The van der Waals surface area contributed by atoms with Crippen molar-refractivity contribution in [3.63, 3.8) is 0 Å². The van der Waals surface area contributed by atoms with Gasteiger partial charge in [0.1, 0.15) is 0 Å². The standard InChI is InChI=1S/C25H27N4O3/c1-4-15-29(22-8-5-20(6-9-22)27-18(3)30)25(32)12-11-24(31)28-21-7-10-23-17(2)26-14-13-19(23)16-21/h5-10,13-14,16H,1,4,11-12,15H2,2-3H3,(H,27,30)(H,28,31)/q-1. The molecule has 0 atom stereocenters. The van der Waals surface area contributed by atoms with Crippen molar-refractivity contribution in [3.8, 4) is 0 Å². The lowest BCUT2D eigenvalue weighted by Gasteiger charge is -2.24. The molecule has 0 aliphatic rings. The molecule has 1 heterocycles. The van der Waals surface area contributed by atoms with Gasteiger partial charge < -0.3 is 22.5 Å². The first-order chi connectivity index (χ1) is 15.4. The van der Waals surface area contributed by atoms with Gasteiger partial charge in [0.2, 0.25) is 17.7 Å². The molecule has 0 fully saturated rings. The normalized spacial score (nSPS) is 10.6. The number of nitrogens with zero attached hydrogens (tertiary/aromatic N) is 2. The lowest BCUT2D eigenvalue weighted by Crippen LogP contribution is -2.32. The second-order valence-corrected chi connectivity index (χ2v) is 7.51. The molecule has 0 aliphatic heterocycles. The molecule has 3 amide bonds. The van der Waals surface area contributed by atoms with Crippen molar-refractivity contribution in [2.45, 2.75) is 33.1 Å². The summed E-state index contributed by atoms with van der Waals surface area (Å²) in [5, 5.41) is 7.59. The fourth-order valence-electron chi connectivity index (χ4n) is 3.47. The van der Waals surface area contributed by atoms with E-state index in [1.165, 1.54) is 6.92 Å². The predicted octanol–water partition coefficient (Wildman–Crippen LogP) is 4.48. The van der Waals surface area contributed by atoms with Gasteiger partial charge in [-0.25, -0.2) is 0 Å². The van der Waals surface area contributed by atoms with E-state index in [2.05, 4.69) is 22.5 Å². The number of nitrogens with one attached hydrogen (secondary N) is 2. The highest BCUT2D eigenvalue weighted by atomic mass is 16.2. The Labute approximate surface area is 187 Å². The Bertz CT molecular complexity index is 1130. The number of rotatable bonds is 8. The zero-order chi connectivity index (χ0) is 23.1. The molecule has 7 heteroatoms. The summed E-state index contributed by atoms with van der Waals surface area (Å²) in [7, 11) is 0. The summed E-state index contributed by atoms with van der Waals surface area (Å²) < 4.78 is 0. The van der Waals surface area contributed by atoms with E-state index >= 15 is 0 Å². The van der Waals surface area contributed by atoms with Crippen LogP contribution in [0.3, 0.4) is 0 Å². The Morgan fingerprint density at radius 3 is 2.38 bits per heavy atom. The second kappa shape index (κ2) is 10.5. The van der Waals surface area contributed by atoms with Crippen molar-refractivity contribution in [3.05, 3.63) is 67.3 Å². The fraction of sp³-hybridized carbons (Fsp3) is 0.240. The Morgan fingerprint density at radius 1 is 0.969 bits per heavy atom. The summed E-state index contributed by atoms with van der Waals surface area (Å²) >= 11 is 0. The van der Waals surface area contributed by atoms with Crippen LogP contribution in [-0.4, -0.2) is 29.3 Å². The number of hydrogen-bond donors (Lipinski definition) is 2. The molecule has 0 saturated carbocycles. The highest BCUT2D eigenvalue weighted by molar-refractivity contribution is 5.99. The molecule has 1 aromatic heterocycles. The van der Waals surface area contributed by atoms with Crippen molar-refractivity contribution in [2.24, 2.45) is 0 Å². The Balaban J connectivity index is 1.60. The van der Waals surface area contributed by atoms with E-state index in [1.807, 2.05) is 31.2 Å². The van der Waals surface area contributed by atoms with Crippen LogP contribution in [0.1, 0.15) is 31.9 Å². The molecular weight excluding hydrogens is 404 g/mol. The van der Waals surface area contributed by atoms with Gasteiger partial charge in [-0.1, -0.05) is 6.07 Å². The molecule has 0 unspecified atom stereocenters. The second-order valence-electron chi connectivity index (χ2n) is 7.51. The van der Waals surface area contributed by atoms with Crippen molar-refractivity contribution in [2.75, 3.05) is 22.1 Å². The third kappa shape index (κ3) is 5.91. The third-order valence-corrected chi connectivity index (χ3v) is 5.00. The summed E-state index contributed by atoms with van der Waals surface area (Å²) in [6.07, 6.45) is 2.43. The Kier molecular flexibility index (Phi) is 7.54. The fourth-order valence-corrected chi connectivity index (χ4v) is 3.47. The van der Waals surface area contributed by atoms with Crippen LogP contribution in [0, 0.1) is 13.8 Å². The van der Waals surface area contributed by atoms with Crippen molar-refractivity contribution in [1.82, 2.24) is 4.98 Å². The lowest BCUT2D eigenvalue weighted by atomic mass is 10.1. The molecule has 2 aromatic carbocycles. The number of carbonyl (C=O) groups excluding carboxylic acids is 3. The minimum absolute atomic E-state index is 0.0733. The van der Waals surface area contributed by atoms with Gasteiger partial charge in [0.15, 0.2) is 0 Å². The highest BCUT2D eigenvalue weighted by Gasteiger charge is 2.16. The van der Waals surface area contributed by atoms with Crippen LogP contribution in [0.4, 0.5) is 17.1 Å². The van der Waals surface area contributed by atoms with Gasteiger partial charge in [0.25, 0.3) is 0 Å². The van der Waals surface area contributed by atoms with Gasteiger partial charge in [-0.15, -0.1) is 0 Å². The molecule has 7 nitrogen and oxygen atoms in total. The van der Waals surface area contributed by atoms with Crippen LogP contribution < -0.4 is 15.5 Å². The third-order valence-electron chi connectivity index (χ3n) is 5.00. The van der Waals surface area contributed by atoms with E-state index in [0.29, 0.717) is 30.0 Å². The number of fused-ring (bicyclic) bond motifs is 1. The number of aromatic nitrogens is 1. The summed E-state index contributed by atoms with van der Waals surface area (Å²) in [5.41, 5.74) is 2.97. The number of carbonyl (C=O) groups is 3. The van der Waals surface area contributed by atoms with Crippen LogP contribution in [0.2, 0.25) is 0 Å². The molecule has 0 radical (unpaired) electrons. The Hall–Kier alpha value is -3.74. The zero-order valence-corrected chi connectivity index (χ0v) is 18.4. The summed E-state index contributed by atoms with van der Waals surface area (Å²) in [6, 6.07) is 14.6. The van der Waals surface area contributed by atoms with Crippen LogP contribution in [0.5, 0.6) is 0 Å². The maximum absolute atomic E-state index is 12.8. The van der Waals surface area contributed by atoms with E-state index in [0.717, 1.165) is 16.5 Å². The monoisotopic (exact) mass is 431 g/mol. The topological polar surface area (TPSA) is 91.4 Å². The highest BCUT2D eigenvalue weighted by Crippen LogP contribution is 2.22. The van der Waals surface area contributed by atoms with Crippen LogP contribution >= 0.6 is 0 Å². The summed E-state index contributed by atoms with van der Waals surface area (Å²) in [6.45, 7) is 7.66. The van der Waals surface area contributed by atoms with E-state index in [4.69, 9.17) is 0 Å². The van der Waals surface area contributed by atoms with E-state index in [-0.39, 0.29) is 30.6 Å². The number of aryl methyl sites for hydroxylation is 1. The van der Waals surface area contributed by atoms with Gasteiger partial charge in [-0.3, -0.25) is 19.4 Å². The van der Waals surface area contributed by atoms with E-state index in [9.17, 15) is 14.4 Å². The first-order valence-electron chi connectivity index (χ1n) is 10.5. The first-order valence-corrected chi connectivity index (χ1v) is 10.5. The average Bonchev–Trinajstić information content (AvgIpc) is 2.76. The molecule has 3 rings (SSSR count). The van der Waals surface area contributed by atoms with Crippen LogP contribution in [0.15, 0.2) is 54.7 Å². The predicted molar refractivity (Wildman–Crippen MR) is 127 cm³/mol. The number of pyridine rings is 1. The average molecular weight is 432 g/mol. The molecule has 32 heavy (non-hydrogen) atoms. The van der Waals surface area contributed by atoms with Crippen molar-refractivity contribution in [1.29, 1.82) is 0 Å². The molecule has 0 spiro atoms. The summed E-state index contributed by atoms with van der Waals surface area (Å²) in [4.78, 5) is 42.3. The largest absolute Gasteiger partial charge is 0.342 e. The van der Waals surface area contributed by atoms with Gasteiger partial charge in [-0.2, -0.15) is 6.42 Å². The van der Waals surface area contributed by atoms with Gasteiger partial charge >= 0.3 is 0 Å². The van der Waals surface area contributed by atoms with Gasteiger partial charge in [-0.05, 0) is 61.3 Å². The maximum Gasteiger partial charge on any atom is 0.227 e. The Morgan fingerprint density at radius 2 is 1.69 bits per heavy atom. The zero-order valence-electron chi connectivity index (χ0n) is 18.4. The molecule has 0 saturated heterocycles. The maximum atomic E-state index is 12.8. The molecular formula is C25H27N4O3-. The van der Waals surface area contributed by atoms with Gasteiger partial charge in [0.05, 0.1) is 0 Å². The molecule has 2 N–H and O–H groups in total. The van der Waals surface area contributed by atoms with Crippen LogP contribution in [0.25, 0.3) is 10.8 Å². The molecule has 0 bridgehead atoms. The number of amides is 3. The summed E-state index contributed by atoms with van der Waals surface area (Å²) in [5.74, 6) is -0.539. The SMILES string of the molecule is [CH2-]CCN(C(=O)CCC(=O)Nc1ccc2c(C)nccc2c1)c1ccc(NC(C)=O)cc1. The molecule has 3 aromatic rings. The molecule has 0 aliphatic carbocycles. The lowest BCUT2D eigenvalue weighted by molar-refractivity contribution is -0.122. The number of hydrogen-bond acceptors (Lipinski definition) is 4. The van der Waals surface area contributed by atoms with Crippen LogP contribution in [-0.2, 0) is 14.4 Å². The van der Waals surface area contributed by atoms with E-state index in [1.54, 1.807) is 35.4 Å². The van der Waals surface area contributed by atoms with Crippen molar-refractivity contribution >= 4 is 45.6 Å². The number of benzene rings is 2. The minimum Gasteiger partial charge on any atom is -0.342 e. The minimum atomic E-state index is -0.223. The smallest absolute Gasteiger partial charge is 0.227 e. The van der Waals surface area contributed by atoms with Gasteiger partial charge in [0, 0.05) is 54.1 Å². The van der Waals surface area contributed by atoms with Crippen molar-refractivity contribution < 1.29 is 14.4 Å².